The van der Waals surface area contributed by atoms with Gasteiger partial charge in [-0.2, -0.15) is 0 Å². The molecule has 92 valence electrons. The van der Waals surface area contributed by atoms with E-state index in [0.717, 1.165) is 5.39 Å². The quantitative estimate of drug-likeness (QED) is 0.635. The fourth-order valence-corrected chi connectivity index (χ4v) is 1.56. The monoisotopic (exact) mass is 245 g/mol. The molecule has 4 amide bonds. The normalized spacial score (nSPS) is 10.0. The van der Waals surface area contributed by atoms with Crippen molar-refractivity contribution in [2.45, 2.75) is 0 Å². The van der Waals surface area contributed by atoms with Crippen molar-refractivity contribution in [2.24, 2.45) is 11.5 Å². The first kappa shape index (κ1) is 11.6. The van der Waals surface area contributed by atoms with Gasteiger partial charge in [0.25, 0.3) is 0 Å². The largest absolute Gasteiger partial charge is 0.351 e. The molecule has 0 radical (unpaired) electrons. The molecule has 2 aromatic rings. The van der Waals surface area contributed by atoms with E-state index in [1.54, 1.807) is 12.1 Å². The molecule has 0 aliphatic rings. The topological polar surface area (TPSA) is 123 Å². The number of aromatic nitrogens is 1. The molecule has 0 atom stereocenters. The van der Waals surface area contributed by atoms with Crippen LogP contribution in [0.1, 0.15) is 0 Å². The number of urea groups is 2. The summed E-state index contributed by atoms with van der Waals surface area (Å²) in [5.41, 5.74) is 11.0. The molecule has 0 fully saturated rings. The zero-order chi connectivity index (χ0) is 13.1. The Balaban J connectivity index is 2.55. The van der Waals surface area contributed by atoms with Gasteiger partial charge in [0.15, 0.2) is 5.82 Å². The third kappa shape index (κ3) is 2.46. The van der Waals surface area contributed by atoms with Gasteiger partial charge in [0.2, 0.25) is 0 Å². The number of benzene rings is 1. The number of hydrogen-bond acceptors (Lipinski definition) is 3. The number of carbonyl (C=O) groups is 2. The van der Waals surface area contributed by atoms with Crippen LogP contribution in [-0.4, -0.2) is 17.0 Å². The lowest BCUT2D eigenvalue weighted by molar-refractivity contribution is 0.258. The van der Waals surface area contributed by atoms with Crippen molar-refractivity contribution < 1.29 is 9.59 Å². The minimum Gasteiger partial charge on any atom is -0.351 e. The Morgan fingerprint density at radius 1 is 1.06 bits per heavy atom. The highest BCUT2D eigenvalue weighted by Crippen LogP contribution is 2.24. The highest BCUT2D eigenvalue weighted by atomic mass is 16.2. The lowest BCUT2D eigenvalue weighted by Crippen LogP contribution is -2.24. The Labute approximate surface area is 102 Å². The number of nitrogens with zero attached hydrogens (tertiary/aromatic N) is 1. The Bertz CT molecular complexity index is 571. The standard InChI is InChI=1S/C11H11N5O2/c12-10(17)15-8-5-6-3-1-2-4-7(6)14-9(8)16-11(13)18/h1-5H,(H3,12,15,17)(H3,13,14,16,18). The molecule has 0 spiro atoms. The number of pyridine rings is 1. The van der Waals surface area contributed by atoms with E-state index >= 15 is 0 Å². The molecule has 18 heavy (non-hydrogen) atoms. The first-order valence-corrected chi connectivity index (χ1v) is 5.09. The van der Waals surface area contributed by atoms with Crippen molar-refractivity contribution in [1.82, 2.24) is 4.98 Å². The molecular formula is C11H11N5O2. The Morgan fingerprint density at radius 2 is 1.72 bits per heavy atom. The SMILES string of the molecule is NC(=O)Nc1cc2ccccc2nc1NC(N)=O. The van der Waals surface area contributed by atoms with Crippen LogP contribution in [0.3, 0.4) is 0 Å². The van der Waals surface area contributed by atoms with Gasteiger partial charge in [0.05, 0.1) is 11.2 Å². The molecule has 1 aromatic heterocycles. The van der Waals surface area contributed by atoms with E-state index in [4.69, 9.17) is 11.5 Å². The van der Waals surface area contributed by atoms with Gasteiger partial charge in [0, 0.05) is 5.39 Å². The Hall–Kier alpha value is -2.83. The number of amides is 4. The Kier molecular flexibility index (Phi) is 2.96. The van der Waals surface area contributed by atoms with Crippen molar-refractivity contribution in [3.63, 3.8) is 0 Å². The summed E-state index contributed by atoms with van der Waals surface area (Å²) in [6, 6.07) is 7.37. The molecule has 0 saturated heterocycles. The zero-order valence-corrected chi connectivity index (χ0v) is 9.31. The van der Waals surface area contributed by atoms with E-state index in [-0.39, 0.29) is 5.82 Å². The second-order valence-electron chi connectivity index (χ2n) is 3.56. The average molecular weight is 245 g/mol. The van der Waals surface area contributed by atoms with E-state index < -0.39 is 12.1 Å². The van der Waals surface area contributed by atoms with Crippen LogP contribution in [0.4, 0.5) is 21.1 Å². The summed E-state index contributed by atoms with van der Waals surface area (Å²) in [4.78, 5) is 25.9. The molecule has 6 N–H and O–H groups in total. The number of hydrogen-bond donors (Lipinski definition) is 4. The fraction of sp³-hybridized carbons (Fsp3) is 0. The molecule has 1 aromatic carbocycles. The Morgan fingerprint density at radius 3 is 2.39 bits per heavy atom. The van der Waals surface area contributed by atoms with E-state index in [2.05, 4.69) is 15.6 Å². The van der Waals surface area contributed by atoms with Crippen molar-refractivity contribution >= 4 is 34.5 Å². The molecule has 1 heterocycles. The number of rotatable bonds is 2. The summed E-state index contributed by atoms with van der Waals surface area (Å²) in [6.45, 7) is 0. The maximum absolute atomic E-state index is 10.9. The van der Waals surface area contributed by atoms with Gasteiger partial charge >= 0.3 is 12.1 Å². The average Bonchev–Trinajstić information content (AvgIpc) is 2.28. The molecule has 7 heteroatoms. The molecular weight excluding hydrogens is 234 g/mol. The first-order chi connectivity index (χ1) is 8.56. The van der Waals surface area contributed by atoms with Gasteiger partial charge in [-0.1, -0.05) is 18.2 Å². The van der Waals surface area contributed by atoms with Gasteiger partial charge in [-0.05, 0) is 12.1 Å². The molecule has 7 nitrogen and oxygen atoms in total. The lowest BCUT2D eigenvalue weighted by atomic mass is 10.2. The summed E-state index contributed by atoms with van der Waals surface area (Å²) in [5, 5.41) is 5.51. The molecule has 0 bridgehead atoms. The molecule has 0 unspecified atom stereocenters. The number of nitrogens with one attached hydrogen (secondary N) is 2. The van der Waals surface area contributed by atoms with Crippen LogP contribution in [0, 0.1) is 0 Å². The second-order valence-corrected chi connectivity index (χ2v) is 3.56. The van der Waals surface area contributed by atoms with Crippen LogP contribution in [0.15, 0.2) is 30.3 Å². The number of primary amides is 2. The van der Waals surface area contributed by atoms with Gasteiger partial charge in [-0.3, -0.25) is 5.32 Å². The van der Waals surface area contributed by atoms with Gasteiger partial charge in [-0.25, -0.2) is 14.6 Å². The van der Waals surface area contributed by atoms with Crippen LogP contribution in [0.5, 0.6) is 0 Å². The fourth-order valence-electron chi connectivity index (χ4n) is 1.56. The van der Waals surface area contributed by atoms with Crippen molar-refractivity contribution in [3.8, 4) is 0 Å². The van der Waals surface area contributed by atoms with Crippen molar-refractivity contribution in [3.05, 3.63) is 30.3 Å². The van der Waals surface area contributed by atoms with E-state index in [9.17, 15) is 9.59 Å². The van der Waals surface area contributed by atoms with Crippen LogP contribution in [-0.2, 0) is 0 Å². The second kappa shape index (κ2) is 4.58. The maximum Gasteiger partial charge on any atom is 0.317 e. The summed E-state index contributed by atoms with van der Waals surface area (Å²) in [5.74, 6) is 0.153. The van der Waals surface area contributed by atoms with Crippen molar-refractivity contribution in [1.29, 1.82) is 0 Å². The van der Waals surface area contributed by atoms with Gasteiger partial charge in [0.1, 0.15) is 0 Å². The summed E-state index contributed by atoms with van der Waals surface area (Å²) >= 11 is 0. The predicted molar refractivity (Wildman–Crippen MR) is 68.2 cm³/mol. The first-order valence-electron chi connectivity index (χ1n) is 5.09. The van der Waals surface area contributed by atoms with Crippen LogP contribution >= 0.6 is 0 Å². The molecule has 2 rings (SSSR count). The number of nitrogens with two attached hydrogens (primary N) is 2. The smallest absolute Gasteiger partial charge is 0.317 e. The van der Waals surface area contributed by atoms with Gasteiger partial charge < -0.3 is 16.8 Å². The molecule has 0 aliphatic heterocycles. The highest BCUT2D eigenvalue weighted by molar-refractivity contribution is 5.99. The zero-order valence-electron chi connectivity index (χ0n) is 9.31. The molecule has 0 aliphatic carbocycles. The lowest BCUT2D eigenvalue weighted by Gasteiger charge is -2.10. The number of anilines is 2. The molecule has 0 saturated carbocycles. The number of carbonyl (C=O) groups excluding carboxylic acids is 2. The highest BCUT2D eigenvalue weighted by Gasteiger charge is 2.09. The number of fused-ring (bicyclic) bond motifs is 1. The third-order valence-corrected chi connectivity index (χ3v) is 2.22. The predicted octanol–water partition coefficient (Wildman–Crippen LogP) is 1.22. The van der Waals surface area contributed by atoms with E-state index in [0.29, 0.717) is 11.2 Å². The summed E-state index contributed by atoms with van der Waals surface area (Å²) < 4.78 is 0. The maximum atomic E-state index is 10.9. The van der Waals surface area contributed by atoms with E-state index in [1.165, 1.54) is 0 Å². The summed E-state index contributed by atoms with van der Waals surface area (Å²) in [6.07, 6.45) is 0. The third-order valence-electron chi connectivity index (χ3n) is 2.22. The van der Waals surface area contributed by atoms with E-state index in [1.807, 2.05) is 18.2 Å². The van der Waals surface area contributed by atoms with Crippen LogP contribution in [0.2, 0.25) is 0 Å². The minimum absolute atomic E-state index is 0.153. The summed E-state index contributed by atoms with van der Waals surface area (Å²) in [7, 11) is 0. The van der Waals surface area contributed by atoms with Crippen LogP contribution in [0.25, 0.3) is 10.9 Å². The van der Waals surface area contributed by atoms with Crippen molar-refractivity contribution in [2.75, 3.05) is 10.6 Å². The minimum atomic E-state index is -0.773. The number of para-hydroxylation sites is 1. The van der Waals surface area contributed by atoms with Crippen LogP contribution < -0.4 is 22.1 Å². The van der Waals surface area contributed by atoms with Gasteiger partial charge in [-0.15, -0.1) is 0 Å².